The molecule has 7 heteroatoms. The number of rotatable bonds is 5. The molecule has 0 aliphatic rings. The minimum atomic E-state index is 0.893. The summed E-state index contributed by atoms with van der Waals surface area (Å²) >= 11 is 1.63. The topological polar surface area (TPSA) is 71.8 Å². The van der Waals surface area contributed by atoms with Crippen molar-refractivity contribution < 1.29 is 0 Å². The van der Waals surface area contributed by atoms with Crippen LogP contribution in [0.3, 0.4) is 0 Å². The molecule has 6 nitrogen and oxygen atoms in total. The quantitative estimate of drug-likeness (QED) is 0.782. The van der Waals surface area contributed by atoms with Gasteiger partial charge >= 0.3 is 0 Å². The number of fused-ring (bicyclic) bond motifs is 1. The number of nitrogens with zero attached hydrogens (tertiary/aromatic N) is 5. The number of H-pyrrole nitrogens is 1. The third-order valence-corrected chi connectivity index (χ3v) is 4.40. The van der Waals surface area contributed by atoms with Crippen LogP contribution in [0.4, 0.5) is 0 Å². The SMILES string of the molecule is CCCc1nnc2sc(CCc3c(C)n[nH]c3C)nn12. The van der Waals surface area contributed by atoms with Crippen molar-refractivity contribution in [3.63, 3.8) is 0 Å². The van der Waals surface area contributed by atoms with Crippen molar-refractivity contribution in [2.24, 2.45) is 0 Å². The highest BCUT2D eigenvalue weighted by molar-refractivity contribution is 7.16. The van der Waals surface area contributed by atoms with Crippen LogP contribution in [-0.4, -0.2) is 30.0 Å². The molecule has 1 N–H and O–H groups in total. The van der Waals surface area contributed by atoms with Crippen molar-refractivity contribution in [2.75, 3.05) is 0 Å². The lowest BCUT2D eigenvalue weighted by molar-refractivity contribution is 0.759. The van der Waals surface area contributed by atoms with Crippen LogP contribution in [0, 0.1) is 13.8 Å². The number of aryl methyl sites for hydroxylation is 4. The molecule has 20 heavy (non-hydrogen) atoms. The summed E-state index contributed by atoms with van der Waals surface area (Å²) in [7, 11) is 0. The Kier molecular flexibility index (Phi) is 3.52. The molecule has 106 valence electrons. The second kappa shape index (κ2) is 5.32. The lowest BCUT2D eigenvalue weighted by atomic mass is 10.1. The molecule has 0 aromatic carbocycles. The van der Waals surface area contributed by atoms with Crippen LogP contribution in [0.25, 0.3) is 4.96 Å². The van der Waals surface area contributed by atoms with Crippen LogP contribution in [0.1, 0.15) is 41.1 Å². The summed E-state index contributed by atoms with van der Waals surface area (Å²) in [5.74, 6) is 0.959. The maximum atomic E-state index is 4.63. The van der Waals surface area contributed by atoms with Gasteiger partial charge in [0.15, 0.2) is 5.82 Å². The average molecular weight is 290 g/mol. The fraction of sp³-hybridized carbons (Fsp3) is 0.538. The first-order chi connectivity index (χ1) is 9.69. The predicted molar refractivity (Wildman–Crippen MR) is 78.1 cm³/mol. The van der Waals surface area contributed by atoms with Gasteiger partial charge in [0.2, 0.25) is 4.96 Å². The molecule has 0 atom stereocenters. The molecule has 0 aliphatic carbocycles. The fourth-order valence-electron chi connectivity index (χ4n) is 2.35. The maximum Gasteiger partial charge on any atom is 0.234 e. The van der Waals surface area contributed by atoms with Gasteiger partial charge in [-0.05, 0) is 32.3 Å². The molecule has 0 saturated carbocycles. The van der Waals surface area contributed by atoms with E-state index >= 15 is 0 Å². The van der Waals surface area contributed by atoms with Gasteiger partial charge in [-0.2, -0.15) is 14.7 Å². The highest BCUT2D eigenvalue weighted by atomic mass is 32.1. The standard InChI is InChI=1S/C13H18N6S/c1-4-5-11-16-17-13-19(11)18-12(20-13)7-6-10-8(2)14-15-9(10)3/h4-7H2,1-3H3,(H,14,15). The van der Waals surface area contributed by atoms with Crippen molar-refractivity contribution in [1.29, 1.82) is 0 Å². The number of aromatic nitrogens is 6. The van der Waals surface area contributed by atoms with Crippen LogP contribution in [0.5, 0.6) is 0 Å². The van der Waals surface area contributed by atoms with Gasteiger partial charge in [-0.3, -0.25) is 5.10 Å². The maximum absolute atomic E-state index is 4.63. The van der Waals surface area contributed by atoms with E-state index in [1.54, 1.807) is 11.3 Å². The number of nitrogens with one attached hydrogen (secondary N) is 1. The second-order valence-corrected chi connectivity index (χ2v) is 6.01. The number of aromatic amines is 1. The zero-order chi connectivity index (χ0) is 14.1. The molecule has 3 aromatic heterocycles. The highest BCUT2D eigenvalue weighted by Gasteiger charge is 2.12. The van der Waals surface area contributed by atoms with Gasteiger partial charge in [0.1, 0.15) is 5.01 Å². The highest BCUT2D eigenvalue weighted by Crippen LogP contribution is 2.18. The third kappa shape index (κ3) is 2.33. The Balaban J connectivity index is 1.78. The summed E-state index contributed by atoms with van der Waals surface area (Å²) in [6, 6.07) is 0. The molecule has 0 saturated heterocycles. The molecular formula is C13H18N6S. The molecule has 3 aromatic rings. The van der Waals surface area contributed by atoms with Gasteiger partial charge in [-0.1, -0.05) is 18.3 Å². The van der Waals surface area contributed by atoms with Crippen LogP contribution >= 0.6 is 11.3 Å². The van der Waals surface area contributed by atoms with Crippen molar-refractivity contribution >= 4 is 16.3 Å². The van der Waals surface area contributed by atoms with E-state index in [9.17, 15) is 0 Å². The molecule has 3 heterocycles. The summed E-state index contributed by atoms with van der Waals surface area (Å²) in [5.41, 5.74) is 3.53. The Morgan fingerprint density at radius 3 is 2.70 bits per heavy atom. The summed E-state index contributed by atoms with van der Waals surface area (Å²) in [5, 5.41) is 21.3. The lowest BCUT2D eigenvalue weighted by Gasteiger charge is -1.98. The number of hydrogen-bond acceptors (Lipinski definition) is 5. The van der Waals surface area contributed by atoms with Crippen LogP contribution in [-0.2, 0) is 19.3 Å². The molecule has 0 unspecified atom stereocenters. The van der Waals surface area contributed by atoms with Gasteiger partial charge in [-0.15, -0.1) is 10.2 Å². The van der Waals surface area contributed by atoms with Gasteiger partial charge in [0, 0.05) is 18.5 Å². The molecule has 3 rings (SSSR count). The van der Waals surface area contributed by atoms with Gasteiger partial charge in [-0.25, -0.2) is 0 Å². The summed E-state index contributed by atoms with van der Waals surface area (Å²) in [6.07, 6.45) is 3.85. The van der Waals surface area contributed by atoms with Gasteiger partial charge in [0.25, 0.3) is 0 Å². The zero-order valence-electron chi connectivity index (χ0n) is 12.0. The normalized spacial score (nSPS) is 11.6. The molecule has 0 spiro atoms. The van der Waals surface area contributed by atoms with E-state index in [1.807, 2.05) is 11.4 Å². The molecule has 0 bridgehead atoms. The van der Waals surface area contributed by atoms with E-state index in [0.29, 0.717) is 0 Å². The first-order valence-corrected chi connectivity index (χ1v) is 7.71. The summed E-state index contributed by atoms with van der Waals surface area (Å²) in [6.45, 7) is 6.24. The number of hydrogen-bond donors (Lipinski definition) is 1. The van der Waals surface area contributed by atoms with E-state index in [0.717, 1.165) is 52.9 Å². The minimum Gasteiger partial charge on any atom is -0.282 e. The first kappa shape index (κ1) is 13.2. The second-order valence-electron chi connectivity index (χ2n) is 4.97. The van der Waals surface area contributed by atoms with E-state index in [4.69, 9.17) is 0 Å². The molecule has 0 aliphatic heterocycles. The van der Waals surface area contributed by atoms with Crippen molar-refractivity contribution in [3.8, 4) is 0 Å². The molecular weight excluding hydrogens is 272 g/mol. The van der Waals surface area contributed by atoms with Crippen LogP contribution in [0.2, 0.25) is 0 Å². The Hall–Kier alpha value is -1.76. The summed E-state index contributed by atoms with van der Waals surface area (Å²) < 4.78 is 1.89. The summed E-state index contributed by atoms with van der Waals surface area (Å²) in [4.78, 5) is 0.893. The van der Waals surface area contributed by atoms with Crippen molar-refractivity contribution in [1.82, 2.24) is 30.0 Å². The van der Waals surface area contributed by atoms with E-state index < -0.39 is 0 Å². The molecule has 0 radical (unpaired) electrons. The predicted octanol–water partition coefficient (Wildman–Crippen LogP) is 2.26. The van der Waals surface area contributed by atoms with Crippen molar-refractivity contribution in [3.05, 3.63) is 27.8 Å². The van der Waals surface area contributed by atoms with Gasteiger partial charge < -0.3 is 0 Å². The molecule has 0 fully saturated rings. The average Bonchev–Trinajstić information content (AvgIpc) is 3.06. The van der Waals surface area contributed by atoms with E-state index in [-0.39, 0.29) is 0 Å². The van der Waals surface area contributed by atoms with Crippen LogP contribution < -0.4 is 0 Å². The van der Waals surface area contributed by atoms with Gasteiger partial charge in [0.05, 0.1) is 5.69 Å². The monoisotopic (exact) mass is 290 g/mol. The lowest BCUT2D eigenvalue weighted by Crippen LogP contribution is -1.98. The Labute approximate surface area is 121 Å². The van der Waals surface area contributed by atoms with Crippen LogP contribution in [0.15, 0.2) is 0 Å². The smallest absolute Gasteiger partial charge is 0.234 e. The third-order valence-electron chi connectivity index (χ3n) is 3.44. The first-order valence-electron chi connectivity index (χ1n) is 6.89. The zero-order valence-corrected chi connectivity index (χ0v) is 12.8. The Morgan fingerprint density at radius 1 is 1.15 bits per heavy atom. The van der Waals surface area contributed by atoms with Crippen molar-refractivity contribution in [2.45, 2.75) is 46.5 Å². The molecule has 0 amide bonds. The Morgan fingerprint density at radius 2 is 2.00 bits per heavy atom. The minimum absolute atomic E-state index is 0.893. The largest absolute Gasteiger partial charge is 0.282 e. The fourth-order valence-corrected chi connectivity index (χ4v) is 3.20. The Bertz CT molecular complexity index is 703. The van der Waals surface area contributed by atoms with E-state index in [2.05, 4.69) is 39.3 Å². The van der Waals surface area contributed by atoms with E-state index in [1.165, 1.54) is 5.56 Å².